The van der Waals surface area contributed by atoms with E-state index in [1.165, 1.54) is 14.6 Å². The first-order valence-electron chi connectivity index (χ1n) is 10.4. The molecule has 1 saturated heterocycles. The average molecular weight is 425 g/mol. The Labute approximate surface area is 179 Å². The number of rotatable bonds is 6. The van der Waals surface area contributed by atoms with Crippen molar-refractivity contribution in [2.75, 3.05) is 31.6 Å². The molecular weight excluding hydrogens is 398 g/mol. The van der Waals surface area contributed by atoms with Crippen LogP contribution >= 0.6 is 11.3 Å². The van der Waals surface area contributed by atoms with Crippen LogP contribution in [0.5, 0.6) is 0 Å². The van der Waals surface area contributed by atoms with Crippen LogP contribution in [0.1, 0.15) is 41.0 Å². The summed E-state index contributed by atoms with van der Waals surface area (Å²) in [5.74, 6) is -0.132. The van der Waals surface area contributed by atoms with Crippen molar-refractivity contribution in [3.05, 3.63) is 59.1 Å². The molecule has 1 fully saturated rings. The second-order valence-electron chi connectivity index (χ2n) is 7.55. The van der Waals surface area contributed by atoms with E-state index in [0.29, 0.717) is 30.3 Å². The molecule has 0 spiro atoms. The van der Waals surface area contributed by atoms with E-state index in [-0.39, 0.29) is 5.91 Å². The number of benzene rings is 2. The maximum atomic E-state index is 12.7. The lowest BCUT2D eigenvalue weighted by atomic mass is 9.99. The summed E-state index contributed by atoms with van der Waals surface area (Å²) in [6, 6.07) is 15.2. The molecule has 1 aromatic heterocycles. The van der Waals surface area contributed by atoms with Crippen molar-refractivity contribution < 1.29 is 19.2 Å². The van der Waals surface area contributed by atoms with Gasteiger partial charge in [0.2, 0.25) is 0 Å². The molecule has 1 amide bonds. The molecule has 0 saturated carbocycles. The molecule has 1 aliphatic rings. The quantitative estimate of drug-likeness (QED) is 0.597. The summed E-state index contributed by atoms with van der Waals surface area (Å²) in [4.78, 5) is 30.9. The van der Waals surface area contributed by atoms with Crippen LogP contribution in [-0.2, 0) is 9.53 Å². The molecule has 30 heavy (non-hydrogen) atoms. The number of thiazole rings is 1. The number of carbonyl (C=O) groups is 2. The first kappa shape index (κ1) is 20.5. The number of esters is 1. The van der Waals surface area contributed by atoms with E-state index < -0.39 is 5.97 Å². The van der Waals surface area contributed by atoms with Crippen LogP contribution in [0, 0.1) is 0 Å². The number of amides is 1. The van der Waals surface area contributed by atoms with Gasteiger partial charge in [0, 0.05) is 0 Å². The van der Waals surface area contributed by atoms with Gasteiger partial charge in [0.25, 0.3) is 5.91 Å². The van der Waals surface area contributed by atoms with E-state index in [4.69, 9.17) is 9.72 Å². The zero-order chi connectivity index (χ0) is 20.9. The van der Waals surface area contributed by atoms with Gasteiger partial charge in [-0.25, -0.2) is 9.78 Å². The van der Waals surface area contributed by atoms with Gasteiger partial charge in [-0.05, 0) is 44.0 Å². The van der Waals surface area contributed by atoms with Crippen LogP contribution in [-0.4, -0.2) is 43.1 Å². The highest BCUT2D eigenvalue weighted by Crippen LogP contribution is 2.30. The molecule has 3 aromatic rings. The molecule has 2 atom stereocenters. The molecule has 0 radical (unpaired) electrons. The Morgan fingerprint density at radius 3 is 2.83 bits per heavy atom. The number of anilines is 1. The third-order valence-corrected chi connectivity index (χ3v) is 6.58. The largest absolute Gasteiger partial charge is 0.462 e. The highest BCUT2D eigenvalue weighted by atomic mass is 32.1. The number of carbonyl (C=O) groups excluding carboxylic acids is 2. The van der Waals surface area contributed by atoms with Crippen LogP contribution in [0.15, 0.2) is 48.5 Å². The lowest BCUT2D eigenvalue weighted by molar-refractivity contribution is -0.898. The third kappa shape index (κ3) is 4.68. The fraction of sp³-hybridized carbons (Fsp3) is 0.348. The van der Waals surface area contributed by atoms with Crippen LogP contribution in [0.4, 0.5) is 5.69 Å². The Balaban J connectivity index is 1.40. The van der Waals surface area contributed by atoms with Gasteiger partial charge in [-0.15, -0.1) is 11.3 Å². The zero-order valence-electron chi connectivity index (χ0n) is 17.0. The fourth-order valence-corrected chi connectivity index (χ4v) is 5.09. The van der Waals surface area contributed by atoms with E-state index in [2.05, 4.69) is 17.4 Å². The normalized spacial score (nSPS) is 18.8. The number of aromatic nitrogens is 1. The monoisotopic (exact) mass is 424 g/mol. The first-order chi connectivity index (χ1) is 14.6. The summed E-state index contributed by atoms with van der Waals surface area (Å²) in [7, 11) is 0. The van der Waals surface area contributed by atoms with Gasteiger partial charge in [-0.2, -0.15) is 0 Å². The maximum absolute atomic E-state index is 12.7. The van der Waals surface area contributed by atoms with Crippen molar-refractivity contribution in [3.8, 4) is 0 Å². The summed E-state index contributed by atoms with van der Waals surface area (Å²) >= 11 is 1.76. The van der Waals surface area contributed by atoms with Crippen molar-refractivity contribution >= 4 is 39.1 Å². The number of hydrogen-bond donors (Lipinski definition) is 2. The lowest BCUT2D eigenvalue weighted by Gasteiger charge is -2.28. The van der Waals surface area contributed by atoms with Crippen molar-refractivity contribution in [3.63, 3.8) is 0 Å². The van der Waals surface area contributed by atoms with E-state index in [0.717, 1.165) is 31.4 Å². The van der Waals surface area contributed by atoms with Crippen LogP contribution in [0.3, 0.4) is 0 Å². The van der Waals surface area contributed by atoms with Gasteiger partial charge >= 0.3 is 5.97 Å². The summed E-state index contributed by atoms with van der Waals surface area (Å²) in [6.45, 7) is 4.30. The summed E-state index contributed by atoms with van der Waals surface area (Å²) in [5.41, 5.74) is 1.94. The Morgan fingerprint density at radius 2 is 2.00 bits per heavy atom. The number of fused-ring (bicyclic) bond motifs is 1. The van der Waals surface area contributed by atoms with Crippen molar-refractivity contribution in [2.45, 2.75) is 25.7 Å². The second kappa shape index (κ2) is 9.36. The molecule has 1 unspecified atom stereocenters. The van der Waals surface area contributed by atoms with Gasteiger partial charge < -0.3 is 15.0 Å². The number of nitrogens with zero attached hydrogens (tertiary/aromatic N) is 1. The molecule has 4 rings (SSSR count). The van der Waals surface area contributed by atoms with E-state index in [1.807, 2.05) is 12.1 Å². The number of hydrogen-bond acceptors (Lipinski definition) is 5. The number of ether oxygens (including phenoxy) is 1. The van der Waals surface area contributed by atoms with Gasteiger partial charge in [-0.3, -0.25) is 4.79 Å². The van der Waals surface area contributed by atoms with E-state index >= 15 is 0 Å². The smallest absolute Gasteiger partial charge is 0.340 e. The Bertz CT molecular complexity index is 1020. The predicted octanol–water partition coefficient (Wildman–Crippen LogP) is 2.87. The zero-order valence-corrected chi connectivity index (χ0v) is 17.8. The molecular formula is C23H26N3O3S+. The van der Waals surface area contributed by atoms with Crippen molar-refractivity contribution in [1.29, 1.82) is 0 Å². The molecule has 7 heteroatoms. The number of piperidine rings is 1. The minimum Gasteiger partial charge on any atom is -0.462 e. The predicted molar refractivity (Wildman–Crippen MR) is 118 cm³/mol. The topological polar surface area (TPSA) is 72.7 Å². The maximum Gasteiger partial charge on any atom is 0.340 e. The minimum absolute atomic E-state index is 0.0910. The summed E-state index contributed by atoms with van der Waals surface area (Å²) < 4.78 is 6.30. The number of para-hydroxylation sites is 2. The number of likely N-dealkylation sites (tertiary alicyclic amines) is 1. The molecule has 2 aromatic carbocycles. The Kier molecular flexibility index (Phi) is 6.40. The highest BCUT2D eigenvalue weighted by molar-refractivity contribution is 7.18. The van der Waals surface area contributed by atoms with Gasteiger partial charge in [-0.1, -0.05) is 24.3 Å². The molecule has 0 bridgehead atoms. The van der Waals surface area contributed by atoms with Gasteiger partial charge in [0.15, 0.2) is 6.54 Å². The standard InChI is InChI=1S/C23H25N3O3S/c1-2-29-23(28)17-9-3-4-10-18(17)24-21(27)15-26-13-7-8-16(14-26)22-25-19-11-5-6-12-20(19)30-22/h3-6,9-12,16H,2,7-8,13-15H2,1H3,(H,24,27)/p+1/t16-/m0/s1. The fourth-order valence-electron chi connectivity index (χ4n) is 3.99. The molecule has 2 heterocycles. The third-order valence-electron chi connectivity index (χ3n) is 5.38. The average Bonchev–Trinajstić information content (AvgIpc) is 3.19. The van der Waals surface area contributed by atoms with E-state index in [1.54, 1.807) is 42.5 Å². The molecule has 1 aliphatic heterocycles. The second-order valence-corrected chi connectivity index (χ2v) is 8.62. The van der Waals surface area contributed by atoms with E-state index in [9.17, 15) is 9.59 Å². The highest BCUT2D eigenvalue weighted by Gasteiger charge is 2.28. The lowest BCUT2D eigenvalue weighted by Crippen LogP contribution is -3.14. The van der Waals surface area contributed by atoms with Gasteiger partial charge in [0.1, 0.15) is 5.01 Å². The number of nitrogens with one attached hydrogen (secondary N) is 2. The van der Waals surface area contributed by atoms with Crippen LogP contribution in [0.25, 0.3) is 10.2 Å². The first-order valence-corrected chi connectivity index (χ1v) is 11.2. The summed E-state index contributed by atoms with van der Waals surface area (Å²) in [6.07, 6.45) is 2.18. The minimum atomic E-state index is -0.422. The molecule has 156 valence electrons. The molecule has 0 aliphatic carbocycles. The molecule has 6 nitrogen and oxygen atoms in total. The van der Waals surface area contributed by atoms with Crippen LogP contribution in [0.2, 0.25) is 0 Å². The molecule has 2 N–H and O–H groups in total. The SMILES string of the molecule is CCOC(=O)c1ccccc1NC(=O)C[NH+]1CCC[C@H](c2nc3ccccc3s2)C1. The van der Waals surface area contributed by atoms with Crippen molar-refractivity contribution in [1.82, 2.24) is 4.98 Å². The summed E-state index contributed by atoms with van der Waals surface area (Å²) in [5, 5.41) is 4.07. The van der Waals surface area contributed by atoms with Gasteiger partial charge in [0.05, 0.1) is 47.1 Å². The van der Waals surface area contributed by atoms with Crippen LogP contribution < -0.4 is 10.2 Å². The Morgan fingerprint density at radius 1 is 1.20 bits per heavy atom. The Hall–Kier alpha value is -2.77. The van der Waals surface area contributed by atoms with Crippen molar-refractivity contribution in [2.24, 2.45) is 0 Å². The number of quaternary nitrogens is 1.